The van der Waals surface area contributed by atoms with E-state index in [-0.39, 0.29) is 16.4 Å². The molecule has 0 spiro atoms. The molecule has 0 aliphatic carbocycles. The molecule has 2 heterocycles. The average molecular weight is 309 g/mol. The number of para-hydroxylation sites is 1. The highest BCUT2D eigenvalue weighted by Crippen LogP contribution is 2.38. The quantitative estimate of drug-likeness (QED) is 0.799. The van der Waals surface area contributed by atoms with Crippen LogP contribution in [0.2, 0.25) is 0 Å². The van der Waals surface area contributed by atoms with E-state index in [0.29, 0.717) is 0 Å². The fraction of sp³-hybridized carbons (Fsp3) is 0.278. The van der Waals surface area contributed by atoms with Gasteiger partial charge in [-0.25, -0.2) is 19.3 Å². The summed E-state index contributed by atoms with van der Waals surface area (Å²) in [5.41, 5.74) is 2.90. The molecule has 5 heteroatoms. The molecular formula is C18H21N4O+. The molecule has 23 heavy (non-hydrogen) atoms. The summed E-state index contributed by atoms with van der Waals surface area (Å²) in [4.78, 5) is 22.0. The van der Waals surface area contributed by atoms with Gasteiger partial charge in [-0.1, -0.05) is 39.0 Å². The third-order valence-corrected chi connectivity index (χ3v) is 4.16. The predicted molar refractivity (Wildman–Crippen MR) is 91.9 cm³/mol. The number of allylic oxidation sites excluding steroid dienone is 2. The zero-order valence-corrected chi connectivity index (χ0v) is 13.7. The zero-order valence-electron chi connectivity index (χ0n) is 13.7. The molecule has 0 saturated heterocycles. The topological polar surface area (TPSA) is 47.2 Å². The first-order valence-corrected chi connectivity index (χ1v) is 7.87. The summed E-state index contributed by atoms with van der Waals surface area (Å²) in [6, 6.07) is 9.70. The van der Waals surface area contributed by atoms with Crippen molar-refractivity contribution in [2.24, 2.45) is 10.9 Å². The number of nitrogens with zero attached hydrogens (tertiary/aromatic N) is 4. The van der Waals surface area contributed by atoms with Crippen LogP contribution in [0.1, 0.15) is 27.2 Å². The Kier molecular flexibility index (Phi) is 3.96. The molecule has 0 fully saturated rings. The van der Waals surface area contributed by atoms with Gasteiger partial charge in [0.1, 0.15) is 12.0 Å². The van der Waals surface area contributed by atoms with Crippen LogP contribution in [0.4, 0.5) is 10.5 Å². The Bertz CT molecular complexity index is 760. The molecule has 1 aromatic heterocycles. The van der Waals surface area contributed by atoms with Crippen molar-refractivity contribution >= 4 is 18.1 Å². The van der Waals surface area contributed by atoms with E-state index in [1.165, 1.54) is 4.57 Å². The lowest BCUT2D eigenvalue weighted by atomic mass is 10.1. The smallest absolute Gasteiger partial charge is 0.245 e. The van der Waals surface area contributed by atoms with Crippen LogP contribution in [-0.4, -0.2) is 21.9 Å². The van der Waals surface area contributed by atoms with E-state index in [0.717, 1.165) is 23.5 Å². The van der Waals surface area contributed by atoms with Gasteiger partial charge < -0.3 is 0 Å². The predicted octanol–water partition coefficient (Wildman–Crippen LogP) is 4.18. The normalized spacial score (nSPS) is 20.5. The molecule has 0 N–H and O–H groups in total. The Morgan fingerprint density at radius 1 is 1.26 bits per heavy atom. The van der Waals surface area contributed by atoms with E-state index in [4.69, 9.17) is 0 Å². The van der Waals surface area contributed by atoms with Crippen molar-refractivity contribution in [3.8, 4) is 0 Å². The summed E-state index contributed by atoms with van der Waals surface area (Å²) in [5.74, 6) is 0.264. The number of imidazole rings is 1. The lowest BCUT2D eigenvalue weighted by Gasteiger charge is -2.29. The lowest BCUT2D eigenvalue weighted by Crippen LogP contribution is -2.52. The van der Waals surface area contributed by atoms with Gasteiger partial charge in [0.2, 0.25) is 6.34 Å². The van der Waals surface area contributed by atoms with Crippen LogP contribution in [0.15, 0.2) is 65.4 Å². The van der Waals surface area contributed by atoms with Crippen LogP contribution in [0.25, 0.3) is 0 Å². The Hall–Kier alpha value is -2.53. The first-order valence-electron chi connectivity index (χ1n) is 7.87. The van der Waals surface area contributed by atoms with Gasteiger partial charge in [0.15, 0.2) is 11.4 Å². The number of hydrogen-bond donors (Lipinski definition) is 0. The second-order valence-electron chi connectivity index (χ2n) is 5.90. The second-order valence-corrected chi connectivity index (χ2v) is 5.90. The molecule has 0 saturated carbocycles. The molecule has 0 radical (unpaired) electrons. The molecule has 2 aromatic rings. The molecule has 118 valence electrons. The van der Waals surface area contributed by atoms with Gasteiger partial charge in [-0.05, 0) is 0 Å². The molecule has 1 atom stereocenters. The maximum absolute atomic E-state index is 13.3. The van der Waals surface area contributed by atoms with Crippen LogP contribution in [0.3, 0.4) is 0 Å². The van der Waals surface area contributed by atoms with Gasteiger partial charge in [0.25, 0.3) is 0 Å². The highest BCUT2D eigenvalue weighted by Gasteiger charge is 2.48. The fourth-order valence-electron chi connectivity index (χ4n) is 3.10. The largest absolute Gasteiger partial charge is 0.444 e. The molecule has 0 bridgehead atoms. The molecule has 1 aliphatic rings. The number of carbonyl (C=O) groups excluding carboxylic acids is 1. The Labute approximate surface area is 136 Å². The maximum atomic E-state index is 13.3. The van der Waals surface area contributed by atoms with Gasteiger partial charge in [-0.2, -0.15) is 0 Å². The molecule has 1 unspecified atom stereocenters. The summed E-state index contributed by atoms with van der Waals surface area (Å²) in [5, 5.41) is 0. The van der Waals surface area contributed by atoms with Gasteiger partial charge in [-0.15, -0.1) is 4.48 Å². The molecule has 1 aliphatic heterocycles. The Balaban J connectivity index is 2.25. The third kappa shape index (κ3) is 2.33. The number of hydrogen-bond acceptors (Lipinski definition) is 3. The van der Waals surface area contributed by atoms with Crippen molar-refractivity contribution in [1.82, 2.24) is 14.0 Å². The minimum atomic E-state index is -0.0926. The monoisotopic (exact) mass is 309 g/mol. The first kappa shape index (κ1) is 15.4. The van der Waals surface area contributed by atoms with Crippen LogP contribution >= 0.6 is 0 Å². The van der Waals surface area contributed by atoms with E-state index in [1.807, 2.05) is 30.3 Å². The summed E-state index contributed by atoms with van der Waals surface area (Å²) in [6.07, 6.45) is 7.35. The van der Waals surface area contributed by atoms with Crippen LogP contribution in [0, 0.1) is 5.92 Å². The van der Waals surface area contributed by atoms with Gasteiger partial charge in [-0.3, -0.25) is 0 Å². The van der Waals surface area contributed by atoms with E-state index < -0.39 is 0 Å². The fourth-order valence-corrected chi connectivity index (χ4v) is 3.10. The molecule has 5 nitrogen and oxygen atoms in total. The van der Waals surface area contributed by atoms with Crippen molar-refractivity contribution < 1.29 is 4.79 Å². The maximum Gasteiger partial charge on any atom is 0.444 e. The molecule has 1 aromatic carbocycles. The number of benzene rings is 1. The van der Waals surface area contributed by atoms with Crippen molar-refractivity contribution in [2.75, 3.05) is 0 Å². The Morgan fingerprint density at radius 2 is 2.00 bits per heavy atom. The lowest BCUT2D eigenvalue weighted by molar-refractivity contribution is 0.229. The third-order valence-electron chi connectivity index (χ3n) is 4.16. The highest BCUT2D eigenvalue weighted by molar-refractivity contribution is 6.06. The van der Waals surface area contributed by atoms with Crippen LogP contribution in [-0.2, 0) is 0 Å². The highest BCUT2D eigenvalue weighted by atomic mass is 16.2. The SMILES string of the molecule is CCC1=C(C(C)C)N=C[N+]1(C(=O)n1ccnc1)c1ccccc1. The number of aliphatic imine (C=N–C) groups is 1. The minimum absolute atomic E-state index is 0.00120. The van der Waals surface area contributed by atoms with E-state index in [2.05, 4.69) is 30.7 Å². The van der Waals surface area contributed by atoms with Gasteiger partial charge >= 0.3 is 6.03 Å². The Morgan fingerprint density at radius 3 is 2.57 bits per heavy atom. The number of quaternary nitrogens is 1. The van der Waals surface area contributed by atoms with Crippen molar-refractivity contribution in [1.29, 1.82) is 0 Å². The van der Waals surface area contributed by atoms with E-state index in [9.17, 15) is 4.79 Å². The molecule has 3 rings (SSSR count). The number of rotatable bonds is 3. The minimum Gasteiger partial charge on any atom is -0.245 e. The van der Waals surface area contributed by atoms with E-state index >= 15 is 0 Å². The summed E-state index contributed by atoms with van der Waals surface area (Å²) in [6.45, 7) is 6.29. The van der Waals surface area contributed by atoms with Crippen molar-refractivity contribution in [3.63, 3.8) is 0 Å². The van der Waals surface area contributed by atoms with E-state index in [1.54, 1.807) is 25.1 Å². The van der Waals surface area contributed by atoms with Crippen LogP contribution < -0.4 is 4.48 Å². The van der Waals surface area contributed by atoms with Gasteiger partial charge in [0, 0.05) is 36.9 Å². The number of carbonyl (C=O) groups is 1. The standard InChI is InChI=1S/C18H21N4O/c1-4-16-17(14(2)3)20-13-22(16,15-8-6-5-7-9-15)18(23)21-11-10-19-12-21/h5-14H,4H2,1-3H3/q+1. The summed E-state index contributed by atoms with van der Waals surface area (Å²) < 4.78 is 1.53. The second kappa shape index (κ2) is 5.93. The van der Waals surface area contributed by atoms with Crippen molar-refractivity contribution in [2.45, 2.75) is 27.2 Å². The first-order chi connectivity index (χ1) is 11.1. The number of aromatic nitrogens is 2. The average Bonchev–Trinajstić information content (AvgIpc) is 3.23. The number of amides is 1. The summed E-state index contributed by atoms with van der Waals surface area (Å²) in [7, 11) is 0. The summed E-state index contributed by atoms with van der Waals surface area (Å²) >= 11 is 0. The van der Waals surface area contributed by atoms with Gasteiger partial charge in [0.05, 0.1) is 0 Å². The van der Waals surface area contributed by atoms with Crippen molar-refractivity contribution in [3.05, 3.63) is 60.4 Å². The zero-order chi connectivity index (χ0) is 16.4. The molecular weight excluding hydrogens is 288 g/mol. The molecule has 1 amide bonds. The van der Waals surface area contributed by atoms with Crippen LogP contribution in [0.5, 0.6) is 0 Å².